The average molecular weight is 289 g/mol. The smallest absolute Gasteiger partial charge is 0.273 e. The molecular formula is C14H15N3O2S. The lowest BCUT2D eigenvalue weighted by Crippen LogP contribution is -2.35. The first kappa shape index (κ1) is 14.3. The van der Waals surface area contributed by atoms with Crippen LogP contribution in [0.15, 0.2) is 21.9 Å². The number of aromatic nitrogens is 1. The molecule has 2 aromatic heterocycles. The molecule has 0 spiro atoms. The molecule has 0 saturated carbocycles. The van der Waals surface area contributed by atoms with E-state index >= 15 is 0 Å². The SMILES string of the molecule is Cc1ccc(-c2nc(C(=O)N(C)[C@@H](C)CC#N)cs2)o1. The Bertz CT molecular complexity index is 653. The monoisotopic (exact) mass is 289 g/mol. The predicted molar refractivity (Wildman–Crippen MR) is 76.3 cm³/mol. The van der Waals surface area contributed by atoms with Gasteiger partial charge in [-0.15, -0.1) is 11.3 Å². The number of nitrogens with zero attached hydrogens (tertiary/aromatic N) is 3. The molecule has 0 aromatic carbocycles. The number of amides is 1. The lowest BCUT2D eigenvalue weighted by molar-refractivity contribution is 0.0741. The fraction of sp³-hybridized carbons (Fsp3) is 0.357. The summed E-state index contributed by atoms with van der Waals surface area (Å²) in [5.41, 5.74) is 0.381. The van der Waals surface area contributed by atoms with Gasteiger partial charge in [0.05, 0.1) is 12.5 Å². The highest BCUT2D eigenvalue weighted by molar-refractivity contribution is 7.13. The van der Waals surface area contributed by atoms with Gasteiger partial charge in [-0.3, -0.25) is 4.79 Å². The lowest BCUT2D eigenvalue weighted by atomic mass is 10.2. The summed E-state index contributed by atoms with van der Waals surface area (Å²) in [6.45, 7) is 3.70. The van der Waals surface area contributed by atoms with Crippen LogP contribution in [0, 0.1) is 18.3 Å². The Balaban J connectivity index is 2.16. The van der Waals surface area contributed by atoms with Crippen molar-refractivity contribution in [2.45, 2.75) is 26.3 Å². The number of thiazole rings is 1. The molecule has 2 rings (SSSR count). The fourth-order valence-corrected chi connectivity index (χ4v) is 2.44. The quantitative estimate of drug-likeness (QED) is 0.867. The fourth-order valence-electron chi connectivity index (χ4n) is 1.68. The van der Waals surface area contributed by atoms with Crippen molar-refractivity contribution >= 4 is 17.2 Å². The van der Waals surface area contributed by atoms with E-state index in [1.807, 2.05) is 26.0 Å². The van der Waals surface area contributed by atoms with Crippen LogP contribution in [0.3, 0.4) is 0 Å². The van der Waals surface area contributed by atoms with E-state index in [9.17, 15) is 4.79 Å². The summed E-state index contributed by atoms with van der Waals surface area (Å²) in [5.74, 6) is 1.29. The Hall–Kier alpha value is -2.13. The van der Waals surface area contributed by atoms with Crippen LogP contribution in [-0.2, 0) is 0 Å². The second kappa shape index (κ2) is 5.88. The van der Waals surface area contributed by atoms with E-state index in [4.69, 9.17) is 9.68 Å². The van der Waals surface area contributed by atoms with Crippen LogP contribution in [-0.4, -0.2) is 28.9 Å². The lowest BCUT2D eigenvalue weighted by Gasteiger charge is -2.21. The number of carbonyl (C=O) groups excluding carboxylic acids is 1. The Labute approximate surface area is 121 Å². The highest BCUT2D eigenvalue weighted by Crippen LogP contribution is 2.26. The molecule has 6 heteroatoms. The zero-order chi connectivity index (χ0) is 14.7. The maximum Gasteiger partial charge on any atom is 0.273 e. The molecular weight excluding hydrogens is 274 g/mol. The molecule has 0 aliphatic heterocycles. The number of hydrogen-bond donors (Lipinski definition) is 0. The number of nitriles is 1. The molecule has 0 unspecified atom stereocenters. The van der Waals surface area contributed by atoms with E-state index < -0.39 is 0 Å². The van der Waals surface area contributed by atoms with Crippen LogP contribution in [0.1, 0.15) is 29.6 Å². The van der Waals surface area contributed by atoms with Gasteiger partial charge in [-0.25, -0.2) is 4.98 Å². The van der Waals surface area contributed by atoms with E-state index in [0.717, 1.165) is 5.76 Å². The Morgan fingerprint density at radius 2 is 2.35 bits per heavy atom. The van der Waals surface area contributed by atoms with Crippen molar-refractivity contribution in [1.29, 1.82) is 5.26 Å². The number of carbonyl (C=O) groups is 1. The summed E-state index contributed by atoms with van der Waals surface area (Å²) in [5, 5.41) is 11.1. The molecule has 20 heavy (non-hydrogen) atoms. The van der Waals surface area contributed by atoms with E-state index in [1.54, 1.807) is 12.4 Å². The summed E-state index contributed by atoms with van der Waals surface area (Å²) in [7, 11) is 1.68. The van der Waals surface area contributed by atoms with Gasteiger partial charge in [0, 0.05) is 18.5 Å². The number of rotatable bonds is 4. The number of aryl methyl sites for hydroxylation is 1. The van der Waals surface area contributed by atoms with Crippen LogP contribution in [0.25, 0.3) is 10.8 Å². The van der Waals surface area contributed by atoms with Gasteiger partial charge in [0.25, 0.3) is 5.91 Å². The van der Waals surface area contributed by atoms with E-state index in [2.05, 4.69) is 11.1 Å². The van der Waals surface area contributed by atoms with Crippen molar-refractivity contribution in [2.75, 3.05) is 7.05 Å². The molecule has 1 amide bonds. The maximum absolute atomic E-state index is 12.2. The minimum Gasteiger partial charge on any atom is -0.459 e. The van der Waals surface area contributed by atoms with Crippen molar-refractivity contribution in [3.8, 4) is 16.8 Å². The summed E-state index contributed by atoms with van der Waals surface area (Å²) in [4.78, 5) is 18.1. The second-order valence-electron chi connectivity index (χ2n) is 4.58. The standard InChI is InChI=1S/C14H15N3O2S/c1-9(6-7-15)17(3)14(18)11-8-20-13(16-11)12-5-4-10(2)19-12/h4-5,8-9H,6H2,1-3H3/t9-/m0/s1. The first-order valence-corrected chi connectivity index (χ1v) is 7.07. The molecule has 0 N–H and O–H groups in total. The average Bonchev–Trinajstić information content (AvgIpc) is 3.05. The molecule has 0 radical (unpaired) electrons. The summed E-state index contributed by atoms with van der Waals surface area (Å²) < 4.78 is 5.49. The van der Waals surface area contributed by atoms with Crippen molar-refractivity contribution in [3.63, 3.8) is 0 Å². The van der Waals surface area contributed by atoms with Crippen LogP contribution >= 0.6 is 11.3 Å². The maximum atomic E-state index is 12.2. The van der Waals surface area contributed by atoms with Gasteiger partial charge in [-0.2, -0.15) is 5.26 Å². The Morgan fingerprint density at radius 1 is 1.60 bits per heavy atom. The van der Waals surface area contributed by atoms with Crippen LogP contribution < -0.4 is 0 Å². The molecule has 5 nitrogen and oxygen atoms in total. The van der Waals surface area contributed by atoms with Crippen molar-refractivity contribution in [2.24, 2.45) is 0 Å². The predicted octanol–water partition coefficient (Wildman–Crippen LogP) is 3.09. The van der Waals surface area contributed by atoms with E-state index in [0.29, 0.717) is 22.9 Å². The largest absolute Gasteiger partial charge is 0.459 e. The van der Waals surface area contributed by atoms with Gasteiger partial charge in [0.2, 0.25) is 0 Å². The van der Waals surface area contributed by atoms with E-state index in [-0.39, 0.29) is 11.9 Å². The van der Waals surface area contributed by atoms with Gasteiger partial charge >= 0.3 is 0 Å². The van der Waals surface area contributed by atoms with Crippen molar-refractivity contribution in [1.82, 2.24) is 9.88 Å². The Kier molecular flexibility index (Phi) is 4.20. The number of hydrogen-bond acceptors (Lipinski definition) is 5. The van der Waals surface area contributed by atoms with E-state index in [1.165, 1.54) is 16.2 Å². The normalized spacial score (nSPS) is 11.9. The third kappa shape index (κ3) is 2.89. The minimum atomic E-state index is -0.182. The molecule has 0 fully saturated rings. The molecule has 0 aliphatic rings. The summed E-state index contributed by atoms with van der Waals surface area (Å²) in [6.07, 6.45) is 0.302. The zero-order valence-corrected chi connectivity index (χ0v) is 12.4. The third-order valence-corrected chi connectivity index (χ3v) is 3.90. The molecule has 0 bridgehead atoms. The third-order valence-electron chi connectivity index (χ3n) is 3.04. The zero-order valence-electron chi connectivity index (χ0n) is 11.6. The van der Waals surface area contributed by atoms with Gasteiger partial charge in [-0.1, -0.05) is 0 Å². The van der Waals surface area contributed by atoms with Crippen molar-refractivity contribution < 1.29 is 9.21 Å². The molecule has 1 atom stereocenters. The summed E-state index contributed by atoms with van der Waals surface area (Å²) >= 11 is 1.37. The van der Waals surface area contributed by atoms with Gasteiger partial charge in [-0.05, 0) is 26.0 Å². The van der Waals surface area contributed by atoms with Crippen LogP contribution in [0.5, 0.6) is 0 Å². The molecule has 0 aliphatic carbocycles. The van der Waals surface area contributed by atoms with Gasteiger partial charge in [0.1, 0.15) is 11.5 Å². The minimum absolute atomic E-state index is 0.136. The topological polar surface area (TPSA) is 70.1 Å². The van der Waals surface area contributed by atoms with Crippen molar-refractivity contribution in [3.05, 3.63) is 29.0 Å². The van der Waals surface area contributed by atoms with Crippen LogP contribution in [0.4, 0.5) is 0 Å². The highest BCUT2D eigenvalue weighted by atomic mass is 32.1. The molecule has 0 saturated heterocycles. The second-order valence-corrected chi connectivity index (χ2v) is 5.43. The van der Waals surface area contributed by atoms with Gasteiger partial charge in [0.15, 0.2) is 10.8 Å². The number of furan rings is 1. The molecule has 2 aromatic rings. The van der Waals surface area contributed by atoms with Crippen LogP contribution in [0.2, 0.25) is 0 Å². The molecule has 104 valence electrons. The highest BCUT2D eigenvalue weighted by Gasteiger charge is 2.20. The first-order valence-electron chi connectivity index (χ1n) is 6.19. The Morgan fingerprint density at radius 3 is 2.95 bits per heavy atom. The summed E-state index contributed by atoms with van der Waals surface area (Å²) in [6, 6.07) is 5.62. The first-order chi connectivity index (χ1) is 9.52. The van der Waals surface area contributed by atoms with Gasteiger partial charge < -0.3 is 9.32 Å². The molecule has 2 heterocycles.